The van der Waals surface area contributed by atoms with E-state index in [1.807, 2.05) is 0 Å². The van der Waals surface area contributed by atoms with Crippen molar-refractivity contribution in [2.45, 2.75) is 89.8 Å². The van der Waals surface area contributed by atoms with Gasteiger partial charge < -0.3 is 4.90 Å². The molecule has 0 spiro atoms. The zero-order chi connectivity index (χ0) is 15.1. The lowest BCUT2D eigenvalue weighted by atomic mass is 10.1. The molecule has 2 unspecified atom stereocenters. The zero-order valence-corrected chi connectivity index (χ0v) is 16.5. The molecule has 2 atom stereocenters. The van der Waals surface area contributed by atoms with Crippen LogP contribution in [0.2, 0.25) is 39.3 Å². The Morgan fingerprint density at radius 3 is 1.53 bits per heavy atom. The third kappa shape index (κ3) is 4.74. The average Bonchev–Trinajstić information content (AvgIpc) is 2.54. The fraction of sp³-hybridized carbons (Fsp3) is 0.933. The van der Waals surface area contributed by atoms with Crippen LogP contribution in [0.5, 0.6) is 0 Å². The Morgan fingerprint density at radius 2 is 1.26 bits per heavy atom. The summed E-state index contributed by atoms with van der Waals surface area (Å²) < 4.78 is 0. The Hall–Kier alpha value is -0.0962. The highest BCUT2D eigenvalue weighted by atomic mass is 28.3. The van der Waals surface area contributed by atoms with Crippen LogP contribution in [0, 0.1) is 0 Å². The second-order valence-corrected chi connectivity index (χ2v) is 20.0. The summed E-state index contributed by atoms with van der Waals surface area (Å²) in [7, 11) is -2.29. The molecular formula is C15H34N2Si2. The molecule has 1 aliphatic heterocycles. The first-order valence-electron chi connectivity index (χ1n) is 7.65. The Bertz CT molecular complexity index is 310. The summed E-state index contributed by atoms with van der Waals surface area (Å²) >= 11 is 0. The van der Waals surface area contributed by atoms with Crippen LogP contribution in [0.15, 0.2) is 4.99 Å². The predicted octanol–water partition coefficient (Wildman–Crippen LogP) is 4.40. The summed E-state index contributed by atoms with van der Waals surface area (Å²) in [5, 5.41) is 0. The van der Waals surface area contributed by atoms with Crippen molar-refractivity contribution in [3.63, 3.8) is 0 Å². The van der Waals surface area contributed by atoms with Crippen LogP contribution < -0.4 is 0 Å². The number of hydrogen-bond donors (Lipinski definition) is 0. The summed E-state index contributed by atoms with van der Waals surface area (Å²) in [4.78, 5) is 7.48. The molecule has 2 nitrogen and oxygen atoms in total. The van der Waals surface area contributed by atoms with Gasteiger partial charge in [-0.25, -0.2) is 0 Å². The molecule has 0 bridgehead atoms. The average molecular weight is 299 g/mol. The fourth-order valence-electron chi connectivity index (χ4n) is 2.99. The van der Waals surface area contributed by atoms with Crippen LogP contribution in [0.3, 0.4) is 0 Å². The quantitative estimate of drug-likeness (QED) is 0.428. The van der Waals surface area contributed by atoms with Crippen LogP contribution in [-0.4, -0.2) is 44.3 Å². The van der Waals surface area contributed by atoms with E-state index in [1.165, 1.54) is 12.8 Å². The summed E-state index contributed by atoms with van der Waals surface area (Å²) in [5.41, 5.74) is 1.59. The minimum Gasteiger partial charge on any atom is -0.363 e. The third-order valence-corrected chi connectivity index (χ3v) is 9.18. The molecule has 4 heteroatoms. The van der Waals surface area contributed by atoms with Gasteiger partial charge in [0.2, 0.25) is 0 Å². The minimum absolute atomic E-state index is 0.0383. The SMILES string of the molecule is CC(C)(C)N=CN1C([Si](C)(C)C)CCC1[Si](C)(C)C. The maximum Gasteiger partial charge on any atom is 0.0855 e. The Morgan fingerprint density at radius 1 is 0.895 bits per heavy atom. The highest BCUT2D eigenvalue weighted by Gasteiger charge is 2.44. The van der Waals surface area contributed by atoms with Gasteiger partial charge in [-0.1, -0.05) is 39.3 Å². The maximum atomic E-state index is 4.81. The second kappa shape index (κ2) is 5.36. The Balaban J connectivity index is 3.02. The van der Waals surface area contributed by atoms with Crippen LogP contribution in [0.4, 0.5) is 0 Å². The van der Waals surface area contributed by atoms with Gasteiger partial charge in [0.15, 0.2) is 0 Å². The molecule has 0 aromatic heterocycles. The van der Waals surface area contributed by atoms with Gasteiger partial charge in [0.1, 0.15) is 0 Å². The van der Waals surface area contributed by atoms with Gasteiger partial charge in [0.25, 0.3) is 0 Å². The number of hydrogen-bond acceptors (Lipinski definition) is 1. The molecule has 0 aromatic rings. The summed E-state index contributed by atoms with van der Waals surface area (Å²) in [5.74, 6) is 0. The monoisotopic (exact) mass is 298 g/mol. The molecule has 1 fully saturated rings. The van der Waals surface area contributed by atoms with Gasteiger partial charge in [-0.2, -0.15) is 0 Å². The largest absolute Gasteiger partial charge is 0.363 e. The third-order valence-electron chi connectivity index (χ3n) is 4.01. The fourth-order valence-corrected chi connectivity index (χ4v) is 7.49. The minimum atomic E-state index is -1.15. The normalized spacial score (nSPS) is 26.5. The van der Waals surface area contributed by atoms with Gasteiger partial charge in [-0.05, 0) is 33.6 Å². The molecule has 0 N–H and O–H groups in total. The topological polar surface area (TPSA) is 15.6 Å². The molecule has 1 aliphatic rings. The van der Waals surface area contributed by atoms with Gasteiger partial charge in [-0.15, -0.1) is 0 Å². The van der Waals surface area contributed by atoms with Crippen LogP contribution in [0.25, 0.3) is 0 Å². The van der Waals surface area contributed by atoms with Crippen LogP contribution >= 0.6 is 0 Å². The zero-order valence-electron chi connectivity index (χ0n) is 14.5. The number of rotatable bonds is 3. The van der Waals surface area contributed by atoms with E-state index < -0.39 is 16.1 Å². The summed E-state index contributed by atoms with van der Waals surface area (Å²) in [6.07, 6.45) is 4.96. The molecule has 0 amide bonds. The van der Waals surface area contributed by atoms with Crippen molar-refractivity contribution in [2.24, 2.45) is 4.99 Å². The molecular weight excluding hydrogens is 264 g/mol. The van der Waals surface area contributed by atoms with Crippen molar-refractivity contribution in [1.82, 2.24) is 4.90 Å². The van der Waals surface area contributed by atoms with E-state index in [0.717, 1.165) is 11.3 Å². The maximum absolute atomic E-state index is 4.81. The Kier molecular flexibility index (Phi) is 4.78. The summed E-state index contributed by atoms with van der Waals surface area (Å²) in [6, 6.07) is 0. The molecule has 112 valence electrons. The lowest BCUT2D eigenvalue weighted by molar-refractivity contribution is 0.430. The molecule has 1 saturated heterocycles. The molecule has 0 radical (unpaired) electrons. The Labute approximate surface area is 122 Å². The summed E-state index contributed by atoms with van der Waals surface area (Å²) in [6.45, 7) is 21.6. The van der Waals surface area contributed by atoms with Gasteiger partial charge in [-0.3, -0.25) is 4.99 Å². The lowest BCUT2D eigenvalue weighted by Gasteiger charge is -2.40. The van der Waals surface area contributed by atoms with Crippen molar-refractivity contribution < 1.29 is 0 Å². The van der Waals surface area contributed by atoms with E-state index in [9.17, 15) is 0 Å². The predicted molar refractivity (Wildman–Crippen MR) is 93.6 cm³/mol. The molecule has 1 heterocycles. The van der Waals surface area contributed by atoms with Crippen molar-refractivity contribution in [2.75, 3.05) is 0 Å². The van der Waals surface area contributed by atoms with E-state index in [-0.39, 0.29) is 5.54 Å². The first-order valence-corrected chi connectivity index (χ1v) is 14.8. The van der Waals surface area contributed by atoms with E-state index in [1.54, 1.807) is 0 Å². The van der Waals surface area contributed by atoms with Crippen molar-refractivity contribution in [3.8, 4) is 0 Å². The van der Waals surface area contributed by atoms with Gasteiger partial charge in [0, 0.05) is 11.3 Å². The van der Waals surface area contributed by atoms with E-state index in [0.29, 0.717) is 0 Å². The molecule has 0 aliphatic carbocycles. The van der Waals surface area contributed by atoms with Crippen molar-refractivity contribution in [1.29, 1.82) is 0 Å². The molecule has 0 aromatic carbocycles. The number of aliphatic imine (C=N–C) groups is 1. The van der Waals surface area contributed by atoms with Crippen LogP contribution in [0.1, 0.15) is 33.6 Å². The standard InChI is InChI=1S/C15H34N2Si2/c1-15(2,3)16-12-17-13(18(4,5)6)10-11-14(17)19(7,8)9/h12-14H,10-11H2,1-9H3. The molecule has 0 saturated carbocycles. The van der Waals surface area contributed by atoms with Crippen molar-refractivity contribution in [3.05, 3.63) is 0 Å². The smallest absolute Gasteiger partial charge is 0.0855 e. The highest BCUT2D eigenvalue weighted by Crippen LogP contribution is 2.34. The van der Waals surface area contributed by atoms with Gasteiger partial charge in [0.05, 0.1) is 28.0 Å². The molecule has 1 rings (SSSR count). The lowest BCUT2D eigenvalue weighted by Crippen LogP contribution is -2.55. The number of likely N-dealkylation sites (tertiary alicyclic amines) is 1. The first-order chi connectivity index (χ1) is 8.32. The van der Waals surface area contributed by atoms with Crippen molar-refractivity contribution >= 4 is 22.5 Å². The van der Waals surface area contributed by atoms with E-state index >= 15 is 0 Å². The first kappa shape index (κ1) is 17.0. The van der Waals surface area contributed by atoms with Crippen LogP contribution in [-0.2, 0) is 0 Å². The van der Waals surface area contributed by atoms with E-state index in [4.69, 9.17) is 4.99 Å². The highest BCUT2D eigenvalue weighted by molar-refractivity contribution is 6.79. The van der Waals surface area contributed by atoms with E-state index in [2.05, 4.69) is 71.3 Å². The second-order valence-electron chi connectivity index (χ2n) is 9.20. The van der Waals surface area contributed by atoms with Gasteiger partial charge >= 0.3 is 0 Å². The molecule has 19 heavy (non-hydrogen) atoms. The number of nitrogens with zero attached hydrogens (tertiary/aromatic N) is 2.